The quantitative estimate of drug-likeness (QED) is 0.491. The Balaban J connectivity index is 1.39. The fourth-order valence-corrected chi connectivity index (χ4v) is 4.29. The minimum Gasteiger partial charge on any atom is -0.497 e. The van der Waals surface area contributed by atoms with Crippen LogP contribution < -0.4 is 4.74 Å². The number of aromatic amines is 1. The summed E-state index contributed by atoms with van der Waals surface area (Å²) >= 11 is 0. The largest absolute Gasteiger partial charge is 0.497 e. The molecule has 31 heavy (non-hydrogen) atoms. The molecule has 3 heterocycles. The van der Waals surface area contributed by atoms with Gasteiger partial charge in [-0.2, -0.15) is 0 Å². The summed E-state index contributed by atoms with van der Waals surface area (Å²) in [4.78, 5) is 23.1. The second-order valence-corrected chi connectivity index (χ2v) is 7.97. The van der Waals surface area contributed by atoms with Crippen molar-refractivity contribution in [3.8, 4) is 5.75 Å². The Labute approximate surface area is 180 Å². The molecule has 5 rings (SSSR count). The van der Waals surface area contributed by atoms with Crippen LogP contribution in [0.1, 0.15) is 53.0 Å². The summed E-state index contributed by atoms with van der Waals surface area (Å²) in [6, 6.07) is 17.7. The first-order valence-electron chi connectivity index (χ1n) is 10.7. The second-order valence-electron chi connectivity index (χ2n) is 7.97. The van der Waals surface area contributed by atoms with E-state index in [1.165, 1.54) is 5.56 Å². The predicted octanol–water partition coefficient (Wildman–Crippen LogP) is 5.12. The van der Waals surface area contributed by atoms with Crippen molar-refractivity contribution < 1.29 is 13.9 Å². The van der Waals surface area contributed by atoms with E-state index in [1.54, 1.807) is 13.3 Å². The van der Waals surface area contributed by atoms with Gasteiger partial charge < -0.3 is 19.0 Å². The monoisotopic (exact) mass is 415 g/mol. The van der Waals surface area contributed by atoms with Crippen LogP contribution in [-0.4, -0.2) is 34.4 Å². The van der Waals surface area contributed by atoms with E-state index in [-0.39, 0.29) is 11.9 Å². The molecule has 4 aromatic rings. The van der Waals surface area contributed by atoms with Gasteiger partial charge in [-0.25, -0.2) is 4.98 Å². The Hall–Kier alpha value is -3.54. The lowest BCUT2D eigenvalue weighted by atomic mass is 10.0. The van der Waals surface area contributed by atoms with Gasteiger partial charge in [-0.3, -0.25) is 4.79 Å². The number of hydrogen-bond donors (Lipinski definition) is 1. The lowest BCUT2D eigenvalue weighted by Crippen LogP contribution is -2.38. The van der Waals surface area contributed by atoms with Crippen molar-refractivity contribution in [3.05, 3.63) is 83.7 Å². The summed E-state index contributed by atoms with van der Waals surface area (Å²) in [7, 11) is 1.64. The Morgan fingerprint density at radius 3 is 2.90 bits per heavy atom. The molecule has 1 aliphatic heterocycles. The van der Waals surface area contributed by atoms with Crippen LogP contribution in [0.4, 0.5) is 0 Å². The number of hydrogen-bond acceptors (Lipinski definition) is 4. The molecule has 0 radical (unpaired) electrons. The SMILES string of the molecule is COc1ccc2[nH]c(C(=O)N3CCCC[C@@H]3c3ncc(Cc4ccccc4)o3)cc2c1. The average Bonchev–Trinajstić information content (AvgIpc) is 3.45. The maximum atomic E-state index is 13.4. The van der Waals surface area contributed by atoms with Crippen molar-refractivity contribution in [2.45, 2.75) is 31.7 Å². The van der Waals surface area contributed by atoms with Crippen molar-refractivity contribution in [2.24, 2.45) is 0 Å². The number of H-pyrrole nitrogens is 1. The van der Waals surface area contributed by atoms with Gasteiger partial charge in [-0.05, 0) is 49.1 Å². The normalized spacial score (nSPS) is 16.5. The van der Waals surface area contributed by atoms with Crippen LogP contribution in [0.15, 0.2) is 65.2 Å². The molecule has 158 valence electrons. The van der Waals surface area contributed by atoms with E-state index in [0.717, 1.165) is 41.7 Å². The van der Waals surface area contributed by atoms with Gasteiger partial charge in [0.15, 0.2) is 0 Å². The first kappa shape index (κ1) is 19.4. The van der Waals surface area contributed by atoms with Crippen molar-refractivity contribution >= 4 is 16.8 Å². The molecule has 1 fully saturated rings. The summed E-state index contributed by atoms with van der Waals surface area (Å²) in [5.41, 5.74) is 2.67. The van der Waals surface area contributed by atoms with E-state index < -0.39 is 0 Å². The molecular weight excluding hydrogens is 390 g/mol. The highest BCUT2D eigenvalue weighted by Crippen LogP contribution is 2.33. The number of nitrogens with zero attached hydrogens (tertiary/aromatic N) is 2. The summed E-state index contributed by atoms with van der Waals surface area (Å²) < 4.78 is 11.4. The van der Waals surface area contributed by atoms with Crippen LogP contribution in [-0.2, 0) is 6.42 Å². The number of carbonyl (C=O) groups excluding carboxylic acids is 1. The number of amides is 1. The van der Waals surface area contributed by atoms with E-state index in [2.05, 4.69) is 22.1 Å². The molecule has 1 aliphatic rings. The van der Waals surface area contributed by atoms with Crippen LogP contribution in [0.25, 0.3) is 10.9 Å². The third kappa shape index (κ3) is 3.93. The molecule has 1 saturated heterocycles. The molecule has 6 heteroatoms. The van der Waals surface area contributed by atoms with Gasteiger partial charge in [0.2, 0.25) is 5.89 Å². The molecule has 1 amide bonds. The highest BCUT2D eigenvalue weighted by atomic mass is 16.5. The zero-order chi connectivity index (χ0) is 21.2. The molecule has 1 N–H and O–H groups in total. The Kier molecular flexibility index (Phi) is 5.20. The molecule has 0 aliphatic carbocycles. The van der Waals surface area contributed by atoms with Crippen molar-refractivity contribution in [2.75, 3.05) is 13.7 Å². The van der Waals surface area contributed by atoms with E-state index >= 15 is 0 Å². The van der Waals surface area contributed by atoms with Gasteiger partial charge >= 0.3 is 0 Å². The Morgan fingerprint density at radius 1 is 1.19 bits per heavy atom. The van der Waals surface area contributed by atoms with Gasteiger partial charge in [0.1, 0.15) is 23.2 Å². The van der Waals surface area contributed by atoms with E-state index in [9.17, 15) is 4.79 Å². The van der Waals surface area contributed by atoms with Crippen LogP contribution in [0.2, 0.25) is 0 Å². The van der Waals surface area contributed by atoms with E-state index in [1.807, 2.05) is 47.4 Å². The Morgan fingerprint density at radius 2 is 2.06 bits per heavy atom. The zero-order valence-corrected chi connectivity index (χ0v) is 17.5. The number of ether oxygens (including phenoxy) is 1. The molecule has 0 bridgehead atoms. The van der Waals surface area contributed by atoms with Gasteiger partial charge in [-0.1, -0.05) is 30.3 Å². The molecule has 2 aromatic heterocycles. The van der Waals surface area contributed by atoms with Crippen LogP contribution >= 0.6 is 0 Å². The minimum absolute atomic E-state index is 0.0253. The maximum Gasteiger partial charge on any atom is 0.270 e. The Bertz CT molecular complexity index is 1200. The van der Waals surface area contributed by atoms with Crippen LogP contribution in [0.5, 0.6) is 5.75 Å². The zero-order valence-electron chi connectivity index (χ0n) is 17.5. The lowest BCUT2D eigenvalue weighted by Gasteiger charge is -2.33. The molecule has 0 unspecified atom stereocenters. The number of nitrogens with one attached hydrogen (secondary N) is 1. The number of benzene rings is 2. The number of likely N-dealkylation sites (tertiary alicyclic amines) is 1. The molecular formula is C25H25N3O3. The van der Waals surface area contributed by atoms with Gasteiger partial charge in [0, 0.05) is 23.9 Å². The minimum atomic E-state index is -0.147. The number of oxazole rings is 1. The average molecular weight is 415 g/mol. The molecule has 0 spiro atoms. The number of rotatable bonds is 5. The summed E-state index contributed by atoms with van der Waals surface area (Å²) in [5.74, 6) is 2.18. The smallest absolute Gasteiger partial charge is 0.270 e. The highest BCUT2D eigenvalue weighted by Gasteiger charge is 2.32. The lowest BCUT2D eigenvalue weighted by molar-refractivity contribution is 0.0565. The van der Waals surface area contributed by atoms with Crippen molar-refractivity contribution in [3.63, 3.8) is 0 Å². The van der Waals surface area contributed by atoms with Gasteiger partial charge in [0.25, 0.3) is 5.91 Å². The highest BCUT2D eigenvalue weighted by molar-refractivity contribution is 5.98. The third-order valence-electron chi connectivity index (χ3n) is 5.90. The first-order valence-corrected chi connectivity index (χ1v) is 10.7. The fourth-order valence-electron chi connectivity index (χ4n) is 4.29. The summed E-state index contributed by atoms with van der Waals surface area (Å²) in [6.07, 6.45) is 5.36. The number of fused-ring (bicyclic) bond motifs is 1. The third-order valence-corrected chi connectivity index (χ3v) is 5.90. The summed E-state index contributed by atoms with van der Waals surface area (Å²) in [6.45, 7) is 0.693. The van der Waals surface area contributed by atoms with Crippen LogP contribution in [0, 0.1) is 0 Å². The number of methoxy groups -OCH3 is 1. The molecule has 1 atom stereocenters. The number of piperidine rings is 1. The molecule has 0 saturated carbocycles. The maximum absolute atomic E-state index is 13.4. The van der Waals surface area contributed by atoms with E-state index in [4.69, 9.17) is 9.15 Å². The standard InChI is InChI=1S/C25H25N3O3/c1-30-19-10-11-21-18(14-19)15-22(27-21)25(29)28-12-6-5-9-23(28)24-26-16-20(31-24)13-17-7-3-2-4-8-17/h2-4,7-8,10-11,14-16,23,27H,5-6,9,12-13H2,1H3/t23-/m1/s1. The fraction of sp³-hybridized carbons (Fsp3) is 0.280. The van der Waals surface area contributed by atoms with Crippen molar-refractivity contribution in [1.29, 1.82) is 0 Å². The number of aromatic nitrogens is 2. The van der Waals surface area contributed by atoms with Crippen LogP contribution in [0.3, 0.4) is 0 Å². The van der Waals surface area contributed by atoms with Crippen molar-refractivity contribution in [1.82, 2.24) is 14.9 Å². The molecule has 2 aromatic carbocycles. The second kappa shape index (κ2) is 8.30. The first-order chi connectivity index (χ1) is 15.2. The summed E-state index contributed by atoms with van der Waals surface area (Å²) in [5, 5.41) is 0.956. The molecule has 6 nitrogen and oxygen atoms in total. The topological polar surface area (TPSA) is 71.4 Å². The van der Waals surface area contributed by atoms with Gasteiger partial charge in [-0.15, -0.1) is 0 Å². The predicted molar refractivity (Wildman–Crippen MR) is 118 cm³/mol. The number of carbonyl (C=O) groups is 1. The van der Waals surface area contributed by atoms with Gasteiger partial charge in [0.05, 0.1) is 13.3 Å². The van der Waals surface area contributed by atoms with E-state index in [0.29, 0.717) is 24.6 Å².